The van der Waals surface area contributed by atoms with E-state index in [1.165, 1.54) is 0 Å². The predicted octanol–water partition coefficient (Wildman–Crippen LogP) is 2.62. The minimum Gasteiger partial charge on any atom is -0.478 e. The highest BCUT2D eigenvalue weighted by Gasteiger charge is 2.29. The van der Waals surface area contributed by atoms with Crippen LogP contribution in [0.5, 0.6) is 0 Å². The van der Waals surface area contributed by atoms with Gasteiger partial charge in [0.2, 0.25) is 0 Å². The molecule has 1 aliphatic rings. The van der Waals surface area contributed by atoms with Gasteiger partial charge < -0.3 is 5.11 Å². The van der Waals surface area contributed by atoms with Crippen LogP contribution in [0.25, 0.3) is 0 Å². The minimum absolute atomic E-state index is 0.103. The van der Waals surface area contributed by atoms with E-state index in [0.717, 1.165) is 31.1 Å². The fraction of sp³-hybridized carbons (Fsp3) is 0.500. The first-order valence-corrected chi connectivity index (χ1v) is 8.34. The van der Waals surface area contributed by atoms with Crippen LogP contribution in [0.15, 0.2) is 17.0 Å². The van der Waals surface area contributed by atoms with Crippen molar-refractivity contribution < 1.29 is 18.3 Å². The van der Waals surface area contributed by atoms with E-state index in [1.807, 2.05) is 0 Å². The summed E-state index contributed by atoms with van der Waals surface area (Å²) in [7, 11) is -3.42. The number of carboxylic acids is 1. The van der Waals surface area contributed by atoms with Crippen molar-refractivity contribution in [2.45, 2.75) is 43.4 Å². The Balaban J connectivity index is 2.73. The molecule has 1 aromatic rings. The Morgan fingerprint density at radius 3 is 2.37 bits per heavy atom. The Kier molecular flexibility index (Phi) is 3.67. The standard InChI is InChI=1S/C14H18O4S/c1-3-10-12(14(15)16)8-7-11(9-5-4-6-9)13(10)19(2,17)18/h7-9H,3-6H2,1-2H3,(H,15,16). The Morgan fingerprint density at radius 1 is 1.37 bits per heavy atom. The van der Waals surface area contributed by atoms with Crippen LogP contribution >= 0.6 is 0 Å². The molecule has 5 heteroatoms. The number of carbonyl (C=O) groups is 1. The summed E-state index contributed by atoms with van der Waals surface area (Å²) in [5.74, 6) is -0.806. The first-order valence-electron chi connectivity index (χ1n) is 6.45. The lowest BCUT2D eigenvalue weighted by molar-refractivity contribution is 0.0695. The topological polar surface area (TPSA) is 71.4 Å². The largest absolute Gasteiger partial charge is 0.478 e. The molecule has 0 unspecified atom stereocenters. The summed E-state index contributed by atoms with van der Waals surface area (Å²) in [4.78, 5) is 11.5. The van der Waals surface area contributed by atoms with Crippen molar-refractivity contribution in [2.75, 3.05) is 6.26 Å². The van der Waals surface area contributed by atoms with Crippen LogP contribution in [0.1, 0.15) is 53.6 Å². The van der Waals surface area contributed by atoms with E-state index in [0.29, 0.717) is 12.0 Å². The Labute approximate surface area is 113 Å². The zero-order valence-corrected chi connectivity index (χ0v) is 12.0. The molecule has 0 bridgehead atoms. The van der Waals surface area contributed by atoms with Gasteiger partial charge in [-0.2, -0.15) is 0 Å². The molecule has 104 valence electrons. The number of hydrogen-bond donors (Lipinski definition) is 1. The molecule has 2 rings (SSSR count). The molecule has 0 aromatic heterocycles. The molecule has 19 heavy (non-hydrogen) atoms. The summed E-state index contributed by atoms with van der Waals surface area (Å²) < 4.78 is 24.1. The molecule has 0 radical (unpaired) electrons. The second kappa shape index (κ2) is 4.96. The summed E-state index contributed by atoms with van der Waals surface area (Å²) in [6.07, 6.45) is 4.64. The van der Waals surface area contributed by atoms with E-state index in [4.69, 9.17) is 0 Å². The molecule has 0 atom stereocenters. The van der Waals surface area contributed by atoms with Gasteiger partial charge in [-0.05, 0) is 42.4 Å². The first kappa shape index (κ1) is 14.1. The number of sulfone groups is 1. The van der Waals surface area contributed by atoms with Gasteiger partial charge in [-0.25, -0.2) is 13.2 Å². The number of carboxylic acid groups (broad SMARTS) is 1. The number of hydrogen-bond acceptors (Lipinski definition) is 3. The van der Waals surface area contributed by atoms with Gasteiger partial charge in [-0.1, -0.05) is 19.4 Å². The van der Waals surface area contributed by atoms with Crippen LogP contribution < -0.4 is 0 Å². The summed E-state index contributed by atoms with van der Waals surface area (Å²) in [6, 6.07) is 3.23. The highest BCUT2D eigenvalue weighted by Crippen LogP contribution is 2.41. The van der Waals surface area contributed by atoms with E-state index in [9.17, 15) is 18.3 Å². The Hall–Kier alpha value is -1.36. The smallest absolute Gasteiger partial charge is 0.336 e. The molecule has 1 fully saturated rings. The van der Waals surface area contributed by atoms with Gasteiger partial charge in [-0.15, -0.1) is 0 Å². The molecule has 0 aliphatic heterocycles. The zero-order chi connectivity index (χ0) is 14.2. The fourth-order valence-corrected chi connectivity index (χ4v) is 4.04. The summed E-state index contributed by atoms with van der Waals surface area (Å²) in [5, 5.41) is 9.19. The number of benzene rings is 1. The average molecular weight is 282 g/mol. The highest BCUT2D eigenvalue weighted by molar-refractivity contribution is 7.90. The maximum atomic E-state index is 12.1. The van der Waals surface area contributed by atoms with Crippen molar-refractivity contribution in [1.82, 2.24) is 0 Å². The second-order valence-corrected chi connectivity index (χ2v) is 7.02. The van der Waals surface area contributed by atoms with Crippen LogP contribution in [0.2, 0.25) is 0 Å². The van der Waals surface area contributed by atoms with Gasteiger partial charge in [0, 0.05) is 6.26 Å². The fourth-order valence-electron chi connectivity index (χ4n) is 2.68. The Bertz CT molecular complexity index is 613. The van der Waals surface area contributed by atoms with Gasteiger partial charge in [0.15, 0.2) is 9.84 Å². The normalized spacial score (nSPS) is 16.1. The van der Waals surface area contributed by atoms with Crippen molar-refractivity contribution >= 4 is 15.8 Å². The minimum atomic E-state index is -3.42. The van der Waals surface area contributed by atoms with Gasteiger partial charge in [0.1, 0.15) is 0 Å². The van der Waals surface area contributed by atoms with Crippen LogP contribution in [-0.4, -0.2) is 25.7 Å². The molecule has 0 spiro atoms. The van der Waals surface area contributed by atoms with Gasteiger partial charge >= 0.3 is 5.97 Å². The molecule has 1 aliphatic carbocycles. The molecule has 0 heterocycles. The molecule has 1 N–H and O–H groups in total. The maximum Gasteiger partial charge on any atom is 0.336 e. The molecular formula is C14H18O4S. The summed E-state index contributed by atoms with van der Waals surface area (Å²) in [5.41, 5.74) is 1.35. The van der Waals surface area contributed by atoms with Gasteiger partial charge in [-0.3, -0.25) is 0 Å². The quantitative estimate of drug-likeness (QED) is 0.921. The molecular weight excluding hydrogens is 264 g/mol. The van der Waals surface area contributed by atoms with Crippen molar-refractivity contribution in [3.63, 3.8) is 0 Å². The van der Waals surface area contributed by atoms with Crippen LogP contribution in [0.4, 0.5) is 0 Å². The third-order valence-corrected chi connectivity index (χ3v) is 5.01. The number of aromatic carboxylic acids is 1. The van der Waals surface area contributed by atoms with Crippen LogP contribution in [0, 0.1) is 0 Å². The van der Waals surface area contributed by atoms with E-state index < -0.39 is 15.8 Å². The Morgan fingerprint density at radius 2 is 2.00 bits per heavy atom. The van der Waals surface area contributed by atoms with E-state index in [1.54, 1.807) is 19.1 Å². The zero-order valence-electron chi connectivity index (χ0n) is 11.1. The van der Waals surface area contributed by atoms with Gasteiger partial charge in [0.25, 0.3) is 0 Å². The predicted molar refractivity (Wildman–Crippen MR) is 72.5 cm³/mol. The SMILES string of the molecule is CCc1c(C(=O)O)ccc(C2CCC2)c1S(C)(=O)=O. The monoisotopic (exact) mass is 282 g/mol. The number of rotatable bonds is 4. The van der Waals surface area contributed by atoms with Crippen LogP contribution in [0.3, 0.4) is 0 Å². The molecule has 0 amide bonds. The third kappa shape index (κ3) is 2.52. The van der Waals surface area contributed by atoms with E-state index >= 15 is 0 Å². The van der Waals surface area contributed by atoms with Gasteiger partial charge in [0.05, 0.1) is 10.5 Å². The lowest BCUT2D eigenvalue weighted by Crippen LogP contribution is -2.17. The lowest BCUT2D eigenvalue weighted by Gasteiger charge is -2.29. The van der Waals surface area contributed by atoms with Crippen molar-refractivity contribution in [3.8, 4) is 0 Å². The molecule has 1 aromatic carbocycles. The van der Waals surface area contributed by atoms with E-state index in [-0.39, 0.29) is 16.4 Å². The van der Waals surface area contributed by atoms with Crippen molar-refractivity contribution in [3.05, 3.63) is 28.8 Å². The maximum absolute atomic E-state index is 12.1. The third-order valence-electron chi connectivity index (χ3n) is 3.79. The molecule has 0 saturated heterocycles. The summed E-state index contributed by atoms with van der Waals surface area (Å²) in [6.45, 7) is 1.79. The second-order valence-electron chi connectivity index (χ2n) is 5.07. The molecule has 4 nitrogen and oxygen atoms in total. The highest BCUT2D eigenvalue weighted by atomic mass is 32.2. The first-order chi connectivity index (χ1) is 8.86. The summed E-state index contributed by atoms with van der Waals surface area (Å²) >= 11 is 0. The lowest BCUT2D eigenvalue weighted by atomic mass is 9.79. The molecule has 1 saturated carbocycles. The van der Waals surface area contributed by atoms with Crippen LogP contribution in [-0.2, 0) is 16.3 Å². The van der Waals surface area contributed by atoms with Crippen molar-refractivity contribution in [1.29, 1.82) is 0 Å². The van der Waals surface area contributed by atoms with E-state index in [2.05, 4.69) is 0 Å². The van der Waals surface area contributed by atoms with Crippen molar-refractivity contribution in [2.24, 2.45) is 0 Å². The average Bonchev–Trinajstić information content (AvgIpc) is 2.23.